The number of para-hydroxylation sites is 2. The molecule has 138 valence electrons. The molecule has 1 aliphatic rings. The molecular weight excluding hydrogens is 354 g/mol. The van der Waals surface area contributed by atoms with Gasteiger partial charge in [0, 0.05) is 6.54 Å². The molecule has 2 atom stereocenters. The van der Waals surface area contributed by atoms with Gasteiger partial charge in [0.05, 0.1) is 5.56 Å². The van der Waals surface area contributed by atoms with Crippen LogP contribution in [0.1, 0.15) is 18.1 Å². The number of hydrogen-bond donors (Lipinski definition) is 1. The predicted molar refractivity (Wildman–Crippen MR) is 84.2 cm³/mol. The third-order valence-electron chi connectivity index (χ3n) is 3.93. The molecule has 0 aliphatic carbocycles. The fourth-order valence-corrected chi connectivity index (χ4v) is 2.66. The number of alkyl halides is 3. The van der Waals surface area contributed by atoms with Gasteiger partial charge in [-0.05, 0) is 36.8 Å². The second kappa shape index (κ2) is 6.86. The van der Waals surface area contributed by atoms with Crippen molar-refractivity contribution in [1.29, 1.82) is 0 Å². The fraction of sp³-hybridized carbons (Fsp3) is 0.278. The van der Waals surface area contributed by atoms with Crippen LogP contribution in [0.3, 0.4) is 0 Å². The number of ether oxygens (including phenoxy) is 2. The molecule has 0 bridgehead atoms. The number of halogens is 4. The summed E-state index contributed by atoms with van der Waals surface area (Å²) in [6.07, 6.45) is -6.36. The van der Waals surface area contributed by atoms with Crippen LogP contribution < -0.4 is 14.8 Å². The van der Waals surface area contributed by atoms with E-state index in [1.54, 1.807) is 31.2 Å². The van der Waals surface area contributed by atoms with Crippen LogP contribution in [0.5, 0.6) is 11.5 Å². The van der Waals surface area contributed by atoms with Crippen molar-refractivity contribution in [2.45, 2.75) is 31.9 Å². The summed E-state index contributed by atoms with van der Waals surface area (Å²) in [4.78, 5) is 12.3. The lowest BCUT2D eigenvalue weighted by molar-refractivity contribution is -0.139. The Hall–Kier alpha value is -2.77. The Morgan fingerprint density at radius 3 is 2.42 bits per heavy atom. The second-order valence-electron chi connectivity index (χ2n) is 5.83. The van der Waals surface area contributed by atoms with E-state index in [1.165, 1.54) is 0 Å². The van der Waals surface area contributed by atoms with E-state index in [1.807, 2.05) is 0 Å². The van der Waals surface area contributed by atoms with Crippen LogP contribution in [-0.2, 0) is 17.5 Å². The molecule has 8 heteroatoms. The predicted octanol–water partition coefficient (Wildman–Crippen LogP) is 3.69. The van der Waals surface area contributed by atoms with Gasteiger partial charge in [0.25, 0.3) is 5.91 Å². The maximum Gasteiger partial charge on any atom is 0.416 e. The van der Waals surface area contributed by atoms with E-state index < -0.39 is 42.2 Å². The molecule has 2 unspecified atom stereocenters. The quantitative estimate of drug-likeness (QED) is 0.840. The number of hydrogen-bond acceptors (Lipinski definition) is 3. The van der Waals surface area contributed by atoms with E-state index in [9.17, 15) is 22.4 Å². The van der Waals surface area contributed by atoms with Crippen molar-refractivity contribution in [3.8, 4) is 11.5 Å². The van der Waals surface area contributed by atoms with Crippen LogP contribution in [0.4, 0.5) is 17.6 Å². The molecule has 0 radical (unpaired) electrons. The first-order valence-electron chi connectivity index (χ1n) is 7.81. The number of benzene rings is 2. The van der Waals surface area contributed by atoms with Crippen molar-refractivity contribution >= 4 is 5.91 Å². The first kappa shape index (κ1) is 18.0. The average molecular weight is 369 g/mol. The third kappa shape index (κ3) is 3.74. The molecule has 0 aromatic heterocycles. The van der Waals surface area contributed by atoms with E-state index >= 15 is 0 Å². The second-order valence-corrected chi connectivity index (χ2v) is 5.83. The summed E-state index contributed by atoms with van der Waals surface area (Å²) < 4.78 is 63.4. The van der Waals surface area contributed by atoms with Gasteiger partial charge in [0.15, 0.2) is 11.5 Å². The monoisotopic (exact) mass is 369 g/mol. The Kier molecular flexibility index (Phi) is 4.76. The first-order chi connectivity index (χ1) is 12.3. The molecule has 1 heterocycles. The highest BCUT2D eigenvalue weighted by Crippen LogP contribution is 2.34. The highest BCUT2D eigenvalue weighted by Gasteiger charge is 2.36. The standard InChI is InChI=1S/C18H15F4NO3/c1-10-16(26-15-5-3-2-4-14(15)25-10)17(24)23-9-11-6-7-12(19)8-13(11)18(20,21)22/h2-8,10,16H,9H2,1H3,(H,23,24). The summed E-state index contributed by atoms with van der Waals surface area (Å²) in [5, 5.41) is 2.40. The van der Waals surface area contributed by atoms with Gasteiger partial charge >= 0.3 is 6.18 Å². The van der Waals surface area contributed by atoms with Crippen LogP contribution >= 0.6 is 0 Å². The minimum Gasteiger partial charge on any atom is -0.482 e. The third-order valence-corrected chi connectivity index (χ3v) is 3.93. The zero-order valence-electron chi connectivity index (χ0n) is 13.6. The molecule has 2 aromatic rings. The molecule has 3 rings (SSSR count). The maximum absolute atomic E-state index is 13.1. The SMILES string of the molecule is CC1Oc2ccccc2OC1C(=O)NCc1ccc(F)cc1C(F)(F)F. The number of carbonyl (C=O) groups is 1. The normalized spacial score (nSPS) is 19.1. The van der Waals surface area contributed by atoms with Crippen LogP contribution in [0, 0.1) is 5.82 Å². The fourth-order valence-electron chi connectivity index (χ4n) is 2.66. The highest BCUT2D eigenvalue weighted by molar-refractivity contribution is 5.82. The molecule has 1 N–H and O–H groups in total. The van der Waals surface area contributed by atoms with Gasteiger partial charge in [0.1, 0.15) is 11.9 Å². The molecule has 1 amide bonds. The molecule has 2 aromatic carbocycles. The molecule has 0 spiro atoms. The zero-order chi connectivity index (χ0) is 18.9. The number of fused-ring (bicyclic) bond motifs is 1. The van der Waals surface area contributed by atoms with Crippen molar-refractivity contribution in [2.24, 2.45) is 0 Å². The lowest BCUT2D eigenvalue weighted by Crippen LogP contribution is -2.48. The number of rotatable bonds is 3. The van der Waals surface area contributed by atoms with Crippen LogP contribution in [0.2, 0.25) is 0 Å². The van der Waals surface area contributed by atoms with E-state index in [-0.39, 0.29) is 5.56 Å². The van der Waals surface area contributed by atoms with Gasteiger partial charge in [0.2, 0.25) is 6.10 Å². The Bertz CT molecular complexity index is 822. The van der Waals surface area contributed by atoms with E-state index in [0.29, 0.717) is 17.6 Å². The smallest absolute Gasteiger partial charge is 0.416 e. The highest BCUT2D eigenvalue weighted by atomic mass is 19.4. The van der Waals surface area contributed by atoms with Crippen molar-refractivity contribution in [1.82, 2.24) is 5.32 Å². The van der Waals surface area contributed by atoms with Crippen molar-refractivity contribution < 1.29 is 31.8 Å². The van der Waals surface area contributed by atoms with Crippen LogP contribution in [0.25, 0.3) is 0 Å². The maximum atomic E-state index is 13.1. The molecule has 0 saturated heterocycles. The molecule has 1 aliphatic heterocycles. The molecular formula is C18H15F4NO3. The van der Waals surface area contributed by atoms with Gasteiger partial charge in [-0.15, -0.1) is 0 Å². The summed E-state index contributed by atoms with van der Waals surface area (Å²) in [7, 11) is 0. The average Bonchev–Trinajstić information content (AvgIpc) is 2.59. The minimum absolute atomic E-state index is 0.239. The Balaban J connectivity index is 1.72. The Morgan fingerprint density at radius 2 is 1.77 bits per heavy atom. The van der Waals surface area contributed by atoms with Crippen LogP contribution in [0.15, 0.2) is 42.5 Å². The van der Waals surface area contributed by atoms with Gasteiger partial charge in [-0.2, -0.15) is 13.2 Å². The molecule has 0 fully saturated rings. The van der Waals surface area contributed by atoms with E-state index in [2.05, 4.69) is 5.32 Å². The number of nitrogens with one attached hydrogen (secondary N) is 1. The van der Waals surface area contributed by atoms with Gasteiger partial charge < -0.3 is 14.8 Å². The van der Waals surface area contributed by atoms with Crippen molar-refractivity contribution in [3.63, 3.8) is 0 Å². The largest absolute Gasteiger partial charge is 0.482 e. The van der Waals surface area contributed by atoms with Gasteiger partial charge in [-0.25, -0.2) is 4.39 Å². The van der Waals surface area contributed by atoms with Gasteiger partial charge in [-0.1, -0.05) is 18.2 Å². The Morgan fingerprint density at radius 1 is 1.12 bits per heavy atom. The van der Waals surface area contributed by atoms with Gasteiger partial charge in [-0.3, -0.25) is 4.79 Å². The number of carbonyl (C=O) groups excluding carboxylic acids is 1. The zero-order valence-corrected chi connectivity index (χ0v) is 13.6. The van der Waals surface area contributed by atoms with Crippen molar-refractivity contribution in [2.75, 3.05) is 0 Å². The first-order valence-corrected chi connectivity index (χ1v) is 7.81. The summed E-state index contributed by atoms with van der Waals surface area (Å²) in [6.45, 7) is 1.21. The summed E-state index contributed by atoms with van der Waals surface area (Å²) >= 11 is 0. The summed E-state index contributed by atoms with van der Waals surface area (Å²) in [5.41, 5.74) is -1.37. The minimum atomic E-state index is -4.72. The van der Waals surface area contributed by atoms with Crippen molar-refractivity contribution in [3.05, 3.63) is 59.4 Å². The van der Waals surface area contributed by atoms with E-state index in [4.69, 9.17) is 9.47 Å². The molecule has 26 heavy (non-hydrogen) atoms. The number of amides is 1. The summed E-state index contributed by atoms with van der Waals surface area (Å²) in [6, 6.07) is 9.09. The van der Waals surface area contributed by atoms with Crippen LogP contribution in [-0.4, -0.2) is 18.1 Å². The summed E-state index contributed by atoms with van der Waals surface area (Å²) in [5.74, 6) is -0.753. The molecule has 0 saturated carbocycles. The topological polar surface area (TPSA) is 47.6 Å². The lowest BCUT2D eigenvalue weighted by atomic mass is 10.1. The van der Waals surface area contributed by atoms with E-state index in [0.717, 1.165) is 12.1 Å². The Labute approximate surface area is 146 Å². The molecule has 4 nitrogen and oxygen atoms in total. The lowest BCUT2D eigenvalue weighted by Gasteiger charge is -2.31.